The van der Waals surface area contributed by atoms with Crippen LogP contribution in [-0.4, -0.2) is 55.5 Å². The monoisotopic (exact) mass is 408 g/mol. The second-order valence-corrected chi connectivity index (χ2v) is 8.70. The number of ether oxygens (including phenoxy) is 7. The zero-order chi connectivity index (χ0) is 20.6. The second-order valence-electron chi connectivity index (χ2n) is 8.70. The summed E-state index contributed by atoms with van der Waals surface area (Å²) in [7, 11) is 0. The molecule has 162 valence electrons. The molecule has 3 aliphatic rings. The molecule has 0 N–H and O–H groups in total. The molecule has 7 heteroatoms. The van der Waals surface area contributed by atoms with Gasteiger partial charge in [0.05, 0.1) is 19.8 Å². The number of hydrogen-bond acceptors (Lipinski definition) is 7. The fourth-order valence-corrected chi connectivity index (χ4v) is 3.96. The topological polar surface area (TPSA) is 64.6 Å². The maximum absolute atomic E-state index is 6.30. The van der Waals surface area contributed by atoms with Crippen LogP contribution in [0.15, 0.2) is 24.3 Å². The number of fused-ring (bicyclic) bond motifs is 1. The lowest BCUT2D eigenvalue weighted by Gasteiger charge is -2.29. The maximum Gasteiger partial charge on any atom is 0.190 e. The van der Waals surface area contributed by atoms with Crippen LogP contribution in [0.2, 0.25) is 0 Å². The van der Waals surface area contributed by atoms with Crippen LogP contribution in [0.5, 0.6) is 5.75 Å². The van der Waals surface area contributed by atoms with Gasteiger partial charge in [0.2, 0.25) is 0 Å². The largest absolute Gasteiger partial charge is 0.494 e. The zero-order valence-corrected chi connectivity index (χ0v) is 17.9. The van der Waals surface area contributed by atoms with Gasteiger partial charge in [0.1, 0.15) is 30.2 Å². The Labute approximate surface area is 172 Å². The van der Waals surface area contributed by atoms with E-state index in [1.807, 2.05) is 52.0 Å². The van der Waals surface area contributed by atoms with Crippen LogP contribution in [0.4, 0.5) is 0 Å². The Balaban J connectivity index is 1.43. The van der Waals surface area contributed by atoms with Crippen LogP contribution < -0.4 is 4.74 Å². The van der Waals surface area contributed by atoms with Crippen LogP contribution in [0.25, 0.3) is 0 Å². The minimum Gasteiger partial charge on any atom is -0.494 e. The normalized spacial score (nSPS) is 35.0. The first-order valence-corrected chi connectivity index (χ1v) is 10.4. The zero-order valence-electron chi connectivity index (χ0n) is 17.9. The molecule has 0 amide bonds. The summed E-state index contributed by atoms with van der Waals surface area (Å²) in [4.78, 5) is 0. The van der Waals surface area contributed by atoms with Gasteiger partial charge in [-0.15, -0.1) is 0 Å². The van der Waals surface area contributed by atoms with Gasteiger partial charge in [0, 0.05) is 0 Å². The Hall–Kier alpha value is -1.22. The lowest BCUT2D eigenvalue weighted by atomic mass is 10.1. The molecule has 5 atom stereocenters. The Morgan fingerprint density at radius 1 is 0.966 bits per heavy atom. The standard InChI is InChI=1S/C22H32O7/c1-6-11-23-15-9-7-14(8-10-15)12-24-18-17(16-13-25-21(2,3)27-16)26-20-19(18)28-22(4,5)29-20/h7-10,16-20H,6,11-13H2,1-5H3. The van der Waals surface area contributed by atoms with Gasteiger partial charge in [-0.25, -0.2) is 0 Å². The van der Waals surface area contributed by atoms with Crippen molar-refractivity contribution in [3.05, 3.63) is 29.8 Å². The van der Waals surface area contributed by atoms with Gasteiger partial charge in [-0.3, -0.25) is 0 Å². The molecule has 5 unspecified atom stereocenters. The smallest absolute Gasteiger partial charge is 0.190 e. The minimum absolute atomic E-state index is 0.235. The maximum atomic E-state index is 6.30. The SMILES string of the molecule is CCCOc1ccc(COC2C(C3COC(C)(C)O3)OC3OC(C)(C)OC32)cc1. The van der Waals surface area contributed by atoms with Gasteiger partial charge < -0.3 is 33.2 Å². The molecule has 0 spiro atoms. The number of hydrogen-bond donors (Lipinski definition) is 0. The quantitative estimate of drug-likeness (QED) is 0.685. The van der Waals surface area contributed by atoms with Crippen molar-refractivity contribution in [2.75, 3.05) is 13.2 Å². The predicted molar refractivity (Wildman–Crippen MR) is 104 cm³/mol. The number of rotatable bonds is 7. The summed E-state index contributed by atoms with van der Waals surface area (Å²) in [6.07, 6.45) is -0.679. The van der Waals surface area contributed by atoms with Crippen LogP contribution in [-0.2, 0) is 35.0 Å². The van der Waals surface area contributed by atoms with Crippen LogP contribution in [0, 0.1) is 0 Å². The van der Waals surface area contributed by atoms with E-state index in [9.17, 15) is 0 Å². The fraction of sp³-hybridized carbons (Fsp3) is 0.727. The molecule has 3 aliphatic heterocycles. The molecule has 4 rings (SSSR count). The van der Waals surface area contributed by atoms with Crippen molar-refractivity contribution in [1.29, 1.82) is 0 Å². The summed E-state index contributed by atoms with van der Waals surface area (Å²) in [5, 5.41) is 0. The van der Waals surface area contributed by atoms with Gasteiger partial charge in [-0.2, -0.15) is 0 Å². The molecule has 1 aromatic carbocycles. The number of benzene rings is 1. The van der Waals surface area contributed by atoms with Gasteiger partial charge in [0.25, 0.3) is 0 Å². The third-order valence-corrected chi connectivity index (χ3v) is 5.26. The lowest BCUT2D eigenvalue weighted by Crippen LogP contribution is -2.44. The molecular formula is C22H32O7. The minimum atomic E-state index is -0.702. The van der Waals surface area contributed by atoms with Gasteiger partial charge in [-0.1, -0.05) is 19.1 Å². The molecule has 7 nitrogen and oxygen atoms in total. The summed E-state index contributed by atoms with van der Waals surface area (Å²) in [6, 6.07) is 7.96. The van der Waals surface area contributed by atoms with Gasteiger partial charge >= 0.3 is 0 Å². The molecule has 0 aliphatic carbocycles. The van der Waals surface area contributed by atoms with E-state index in [1.54, 1.807) is 0 Å². The van der Waals surface area contributed by atoms with E-state index in [-0.39, 0.29) is 24.4 Å². The Morgan fingerprint density at radius 3 is 2.38 bits per heavy atom. The molecule has 1 aromatic rings. The molecule has 0 radical (unpaired) electrons. The Morgan fingerprint density at radius 2 is 1.72 bits per heavy atom. The first-order valence-electron chi connectivity index (χ1n) is 10.4. The van der Waals surface area contributed by atoms with Crippen LogP contribution in [0.1, 0.15) is 46.6 Å². The van der Waals surface area contributed by atoms with Crippen LogP contribution in [0.3, 0.4) is 0 Å². The molecule has 0 aromatic heterocycles. The average molecular weight is 408 g/mol. The van der Waals surface area contributed by atoms with Crippen molar-refractivity contribution in [2.45, 2.75) is 89.9 Å². The molecule has 0 bridgehead atoms. The summed E-state index contributed by atoms with van der Waals surface area (Å²) in [5.41, 5.74) is 1.05. The van der Waals surface area contributed by atoms with Crippen molar-refractivity contribution in [3.63, 3.8) is 0 Å². The average Bonchev–Trinajstić information content (AvgIpc) is 3.28. The summed E-state index contributed by atoms with van der Waals surface area (Å²) in [5.74, 6) is -0.469. The van der Waals surface area contributed by atoms with E-state index < -0.39 is 17.9 Å². The molecule has 29 heavy (non-hydrogen) atoms. The molecule has 3 heterocycles. The van der Waals surface area contributed by atoms with Gasteiger partial charge in [0.15, 0.2) is 17.9 Å². The van der Waals surface area contributed by atoms with E-state index >= 15 is 0 Å². The third-order valence-electron chi connectivity index (χ3n) is 5.26. The predicted octanol–water partition coefficient (Wildman–Crippen LogP) is 3.39. The third kappa shape index (κ3) is 4.76. The van der Waals surface area contributed by atoms with Crippen LogP contribution >= 0.6 is 0 Å². The van der Waals surface area contributed by atoms with Gasteiger partial charge in [-0.05, 0) is 51.8 Å². The van der Waals surface area contributed by atoms with Crippen molar-refractivity contribution >= 4 is 0 Å². The lowest BCUT2D eigenvalue weighted by molar-refractivity contribution is -0.236. The van der Waals surface area contributed by atoms with E-state index in [0.29, 0.717) is 19.8 Å². The molecular weight excluding hydrogens is 376 g/mol. The van der Waals surface area contributed by atoms with Crippen molar-refractivity contribution in [1.82, 2.24) is 0 Å². The molecule has 3 saturated heterocycles. The highest BCUT2D eigenvalue weighted by Crippen LogP contribution is 2.42. The van der Waals surface area contributed by atoms with E-state index in [4.69, 9.17) is 33.2 Å². The van der Waals surface area contributed by atoms with E-state index in [1.165, 1.54) is 0 Å². The highest BCUT2D eigenvalue weighted by Gasteiger charge is 2.58. The van der Waals surface area contributed by atoms with Crippen molar-refractivity contribution in [3.8, 4) is 5.75 Å². The first kappa shape index (κ1) is 21.0. The highest BCUT2D eigenvalue weighted by atomic mass is 16.8. The molecule has 3 fully saturated rings. The second kappa shape index (κ2) is 8.13. The first-order chi connectivity index (χ1) is 13.8. The molecule has 0 saturated carbocycles. The fourth-order valence-electron chi connectivity index (χ4n) is 3.96. The van der Waals surface area contributed by atoms with E-state index in [2.05, 4.69) is 6.92 Å². The van der Waals surface area contributed by atoms with Crippen molar-refractivity contribution in [2.24, 2.45) is 0 Å². The summed E-state index contributed by atoms with van der Waals surface area (Å²) < 4.78 is 41.9. The summed E-state index contributed by atoms with van der Waals surface area (Å²) >= 11 is 0. The Bertz CT molecular complexity index is 687. The van der Waals surface area contributed by atoms with E-state index in [0.717, 1.165) is 17.7 Å². The van der Waals surface area contributed by atoms with Crippen molar-refractivity contribution < 1.29 is 33.2 Å². The summed E-state index contributed by atoms with van der Waals surface area (Å²) in [6.45, 7) is 11.3. The highest BCUT2D eigenvalue weighted by molar-refractivity contribution is 5.26. The Kier molecular flexibility index (Phi) is 5.90.